The van der Waals surface area contributed by atoms with Gasteiger partial charge in [-0.2, -0.15) is 22.1 Å². The molecule has 0 unspecified atom stereocenters. The van der Waals surface area contributed by atoms with E-state index in [0.29, 0.717) is 5.96 Å². The van der Waals surface area contributed by atoms with Crippen LogP contribution < -0.4 is 21.8 Å². The highest BCUT2D eigenvalue weighted by molar-refractivity contribution is 7.98. The number of anilines is 1. The summed E-state index contributed by atoms with van der Waals surface area (Å²) in [6, 6.07) is 0. The van der Waals surface area contributed by atoms with E-state index in [1.807, 2.05) is 11.6 Å². The van der Waals surface area contributed by atoms with Crippen LogP contribution in [0.15, 0.2) is 15.5 Å². The third-order valence-corrected chi connectivity index (χ3v) is 3.82. The first-order valence-electron chi connectivity index (χ1n) is 5.66. The third kappa shape index (κ3) is 6.26. The van der Waals surface area contributed by atoms with Crippen LogP contribution in [0.25, 0.3) is 0 Å². The van der Waals surface area contributed by atoms with E-state index < -0.39 is 0 Å². The molecular formula is C10H16N8S2. The minimum atomic E-state index is 0.481. The molecule has 0 saturated carbocycles. The normalized spacial score (nSPS) is 11.3. The molecule has 5 N–H and O–H groups in total. The highest BCUT2D eigenvalue weighted by atomic mass is 32.2. The lowest BCUT2D eigenvalue weighted by molar-refractivity contribution is 0.930. The van der Waals surface area contributed by atoms with Crippen molar-refractivity contribution in [2.45, 2.75) is 5.75 Å². The van der Waals surface area contributed by atoms with E-state index in [2.05, 4.69) is 31.0 Å². The molecule has 1 aromatic rings. The Balaban J connectivity index is 2.18. The van der Waals surface area contributed by atoms with Gasteiger partial charge in [0.1, 0.15) is 6.34 Å². The molecule has 0 atom stereocenters. The molecule has 0 saturated heterocycles. The molecule has 1 rings (SSSR count). The standard InChI is InChI=1S/C10H16N8S2/c1-13-9(15-6-11)14-2-3-19-4-8-5-20-10(18-8)16-7-17-12/h5,7H,2-4,12H2,1H3,(H2,13,14,15)(H,16,17,18). The van der Waals surface area contributed by atoms with Crippen molar-refractivity contribution < 1.29 is 0 Å². The zero-order chi connectivity index (χ0) is 14.6. The fourth-order valence-electron chi connectivity index (χ4n) is 1.18. The Labute approximate surface area is 125 Å². The van der Waals surface area contributed by atoms with Gasteiger partial charge in [0.05, 0.1) is 5.69 Å². The van der Waals surface area contributed by atoms with Crippen molar-refractivity contribution in [2.75, 3.05) is 24.7 Å². The number of nitrogens with one attached hydrogen (secondary N) is 3. The Morgan fingerprint density at radius 1 is 1.70 bits per heavy atom. The van der Waals surface area contributed by atoms with Crippen LogP contribution in [0.1, 0.15) is 5.69 Å². The summed E-state index contributed by atoms with van der Waals surface area (Å²) in [5, 5.41) is 22.9. The molecule has 0 aromatic carbocycles. The minimum absolute atomic E-state index is 0.481. The SMILES string of the molecule is CN=C(NC#N)NCCSCc1csc(NC=NN)n1. The van der Waals surface area contributed by atoms with Gasteiger partial charge in [-0.05, 0) is 0 Å². The maximum absolute atomic E-state index is 8.47. The number of thioether (sulfide) groups is 1. The summed E-state index contributed by atoms with van der Waals surface area (Å²) in [6.07, 6.45) is 3.22. The number of rotatable bonds is 7. The number of hydrogen-bond donors (Lipinski definition) is 4. The lowest BCUT2D eigenvalue weighted by atomic mass is 10.6. The van der Waals surface area contributed by atoms with Crippen molar-refractivity contribution in [1.82, 2.24) is 15.6 Å². The molecule has 0 amide bonds. The number of aliphatic imine (C=N–C) groups is 1. The summed E-state index contributed by atoms with van der Waals surface area (Å²) in [4.78, 5) is 8.25. The van der Waals surface area contributed by atoms with Gasteiger partial charge in [0.15, 0.2) is 11.3 Å². The second-order valence-corrected chi connectivity index (χ2v) is 5.32. The minimum Gasteiger partial charge on any atom is -0.355 e. The Hall–Kier alpha value is -1.99. The molecule has 0 spiro atoms. The van der Waals surface area contributed by atoms with Crippen LogP contribution in [0.3, 0.4) is 0 Å². The number of guanidine groups is 1. The van der Waals surface area contributed by atoms with Gasteiger partial charge in [-0.25, -0.2) is 4.98 Å². The molecule has 1 heterocycles. The van der Waals surface area contributed by atoms with Crippen LogP contribution >= 0.6 is 23.1 Å². The summed E-state index contributed by atoms with van der Waals surface area (Å²) in [5.41, 5.74) is 1.01. The van der Waals surface area contributed by atoms with E-state index in [4.69, 9.17) is 11.1 Å². The molecule has 8 nitrogen and oxygen atoms in total. The molecule has 1 aromatic heterocycles. The first kappa shape index (κ1) is 16.1. The fourth-order valence-corrected chi connectivity index (χ4v) is 2.71. The zero-order valence-electron chi connectivity index (χ0n) is 11.0. The molecule has 0 bridgehead atoms. The van der Waals surface area contributed by atoms with Gasteiger partial charge < -0.3 is 16.5 Å². The number of nitrogens with zero attached hydrogens (tertiary/aromatic N) is 4. The molecule has 0 aliphatic heterocycles. The average Bonchev–Trinajstić information content (AvgIpc) is 2.91. The first-order chi connectivity index (χ1) is 9.80. The number of aromatic nitrogens is 1. The second kappa shape index (κ2) is 9.88. The van der Waals surface area contributed by atoms with Crippen LogP contribution in [-0.2, 0) is 5.75 Å². The van der Waals surface area contributed by atoms with Gasteiger partial charge in [0.25, 0.3) is 0 Å². The first-order valence-corrected chi connectivity index (χ1v) is 7.69. The van der Waals surface area contributed by atoms with E-state index in [9.17, 15) is 0 Å². The lowest BCUT2D eigenvalue weighted by Crippen LogP contribution is -2.35. The number of hydrogen-bond acceptors (Lipinski definition) is 7. The molecule has 0 aliphatic rings. The number of nitrogens with two attached hydrogens (primary N) is 1. The van der Waals surface area contributed by atoms with Crippen LogP contribution in [0.5, 0.6) is 0 Å². The van der Waals surface area contributed by atoms with E-state index in [-0.39, 0.29) is 0 Å². The van der Waals surface area contributed by atoms with Gasteiger partial charge >= 0.3 is 0 Å². The van der Waals surface area contributed by atoms with E-state index >= 15 is 0 Å². The van der Waals surface area contributed by atoms with Crippen LogP contribution in [-0.4, -0.2) is 36.6 Å². The van der Waals surface area contributed by atoms with Crippen LogP contribution in [0.4, 0.5) is 5.13 Å². The molecule has 20 heavy (non-hydrogen) atoms. The highest BCUT2D eigenvalue weighted by Gasteiger charge is 2.01. The molecule has 0 fully saturated rings. The zero-order valence-corrected chi connectivity index (χ0v) is 12.6. The largest absolute Gasteiger partial charge is 0.355 e. The van der Waals surface area contributed by atoms with Crippen molar-refractivity contribution >= 4 is 40.5 Å². The van der Waals surface area contributed by atoms with Gasteiger partial charge in [0.2, 0.25) is 5.96 Å². The van der Waals surface area contributed by atoms with E-state index in [0.717, 1.165) is 28.9 Å². The van der Waals surface area contributed by atoms with E-state index in [1.54, 1.807) is 18.8 Å². The number of thiazole rings is 1. The maximum atomic E-state index is 8.47. The van der Waals surface area contributed by atoms with Crippen molar-refractivity contribution in [3.8, 4) is 6.19 Å². The van der Waals surface area contributed by atoms with Gasteiger partial charge in [-0.3, -0.25) is 10.3 Å². The average molecular weight is 312 g/mol. The van der Waals surface area contributed by atoms with Gasteiger partial charge in [0, 0.05) is 30.5 Å². The predicted molar refractivity (Wildman–Crippen MR) is 84.7 cm³/mol. The summed E-state index contributed by atoms with van der Waals surface area (Å²) in [5.74, 6) is 7.18. The Morgan fingerprint density at radius 3 is 3.25 bits per heavy atom. The number of nitriles is 1. The van der Waals surface area contributed by atoms with Crippen molar-refractivity contribution in [1.29, 1.82) is 5.26 Å². The van der Waals surface area contributed by atoms with Crippen molar-refractivity contribution in [3.63, 3.8) is 0 Å². The molecule has 108 valence electrons. The predicted octanol–water partition coefficient (Wildman–Crippen LogP) is 0.336. The van der Waals surface area contributed by atoms with Crippen LogP contribution in [0.2, 0.25) is 0 Å². The molecular weight excluding hydrogens is 296 g/mol. The topological polar surface area (TPSA) is 124 Å². The van der Waals surface area contributed by atoms with Crippen molar-refractivity contribution in [3.05, 3.63) is 11.1 Å². The van der Waals surface area contributed by atoms with E-state index in [1.165, 1.54) is 17.7 Å². The second-order valence-electron chi connectivity index (χ2n) is 3.35. The Kier molecular flexibility index (Phi) is 7.93. The smallest absolute Gasteiger partial charge is 0.204 e. The fraction of sp³-hybridized carbons (Fsp3) is 0.400. The molecule has 10 heteroatoms. The van der Waals surface area contributed by atoms with Crippen molar-refractivity contribution in [2.24, 2.45) is 15.9 Å². The lowest BCUT2D eigenvalue weighted by Gasteiger charge is -2.05. The Morgan fingerprint density at radius 2 is 2.55 bits per heavy atom. The molecule has 0 radical (unpaired) electrons. The third-order valence-electron chi connectivity index (χ3n) is 2.00. The summed E-state index contributed by atoms with van der Waals surface area (Å²) < 4.78 is 0. The van der Waals surface area contributed by atoms with Gasteiger partial charge in [-0.15, -0.1) is 11.3 Å². The summed E-state index contributed by atoms with van der Waals surface area (Å²) in [6.45, 7) is 0.723. The van der Waals surface area contributed by atoms with Gasteiger partial charge in [-0.1, -0.05) is 0 Å². The Bertz CT molecular complexity index is 490. The highest BCUT2D eigenvalue weighted by Crippen LogP contribution is 2.18. The maximum Gasteiger partial charge on any atom is 0.204 e. The summed E-state index contributed by atoms with van der Waals surface area (Å²) in [7, 11) is 1.62. The quantitative estimate of drug-likeness (QED) is 0.109. The van der Waals surface area contributed by atoms with Crippen LogP contribution in [0, 0.1) is 11.5 Å². The summed E-state index contributed by atoms with van der Waals surface area (Å²) >= 11 is 3.25. The monoisotopic (exact) mass is 312 g/mol. The number of hydrazone groups is 1. The molecule has 0 aliphatic carbocycles.